The average molecular weight is 249 g/mol. The fraction of sp³-hybridized carbons (Fsp3) is 0.462. The SMILES string of the molecule is COc1cc(C#N)ccc1C1C[C@@H](O)C(CO)O1. The fourth-order valence-electron chi connectivity index (χ4n) is 2.14. The number of benzene rings is 1. The van der Waals surface area contributed by atoms with Gasteiger partial charge in [0.2, 0.25) is 0 Å². The third kappa shape index (κ3) is 2.31. The van der Waals surface area contributed by atoms with Gasteiger partial charge in [-0.15, -0.1) is 0 Å². The van der Waals surface area contributed by atoms with Crippen LogP contribution in [-0.4, -0.2) is 36.1 Å². The van der Waals surface area contributed by atoms with Gasteiger partial charge in [-0.25, -0.2) is 0 Å². The van der Waals surface area contributed by atoms with Gasteiger partial charge in [0.15, 0.2) is 0 Å². The lowest BCUT2D eigenvalue weighted by molar-refractivity contribution is -0.0230. The van der Waals surface area contributed by atoms with Crippen molar-refractivity contribution in [3.8, 4) is 11.8 Å². The minimum Gasteiger partial charge on any atom is -0.496 e. The Morgan fingerprint density at radius 1 is 1.56 bits per heavy atom. The molecule has 3 atom stereocenters. The number of rotatable bonds is 3. The van der Waals surface area contributed by atoms with Crippen LogP contribution in [0.5, 0.6) is 5.75 Å². The lowest BCUT2D eigenvalue weighted by Gasteiger charge is -2.15. The fourth-order valence-corrected chi connectivity index (χ4v) is 2.14. The maximum atomic E-state index is 9.71. The molecule has 1 aromatic rings. The molecule has 18 heavy (non-hydrogen) atoms. The van der Waals surface area contributed by atoms with Gasteiger partial charge in [0.25, 0.3) is 0 Å². The molecule has 0 bridgehead atoms. The average Bonchev–Trinajstić information content (AvgIpc) is 2.79. The van der Waals surface area contributed by atoms with Crippen molar-refractivity contribution in [1.82, 2.24) is 0 Å². The predicted octanol–water partition coefficient (Wildman–Crippen LogP) is 0.750. The van der Waals surface area contributed by atoms with Crippen LogP contribution in [0.25, 0.3) is 0 Å². The lowest BCUT2D eigenvalue weighted by atomic mass is 10.0. The largest absolute Gasteiger partial charge is 0.496 e. The molecular weight excluding hydrogens is 234 g/mol. The first-order chi connectivity index (χ1) is 8.69. The molecule has 0 aromatic heterocycles. The number of hydrogen-bond acceptors (Lipinski definition) is 5. The lowest BCUT2D eigenvalue weighted by Crippen LogP contribution is -2.24. The molecule has 96 valence electrons. The molecule has 0 radical (unpaired) electrons. The first-order valence-electron chi connectivity index (χ1n) is 5.72. The third-order valence-electron chi connectivity index (χ3n) is 3.11. The van der Waals surface area contributed by atoms with E-state index in [2.05, 4.69) is 0 Å². The molecule has 2 rings (SSSR count). The second kappa shape index (κ2) is 5.36. The highest BCUT2D eigenvalue weighted by Crippen LogP contribution is 2.37. The second-order valence-electron chi connectivity index (χ2n) is 4.22. The van der Waals surface area contributed by atoms with Gasteiger partial charge < -0.3 is 19.7 Å². The summed E-state index contributed by atoms with van der Waals surface area (Å²) in [5.74, 6) is 0.560. The molecule has 1 aliphatic rings. The Labute approximate surface area is 105 Å². The third-order valence-corrected chi connectivity index (χ3v) is 3.11. The number of hydrogen-bond donors (Lipinski definition) is 2. The predicted molar refractivity (Wildman–Crippen MR) is 63.0 cm³/mol. The standard InChI is InChI=1S/C13H15NO4/c1-17-11-4-8(6-14)2-3-9(11)12-5-10(16)13(7-15)18-12/h2-4,10,12-13,15-16H,5,7H2,1H3/t10-,12?,13?/m1/s1. The van der Waals surface area contributed by atoms with E-state index in [4.69, 9.17) is 19.8 Å². The molecule has 0 amide bonds. The zero-order valence-electron chi connectivity index (χ0n) is 10.0. The van der Waals surface area contributed by atoms with E-state index in [0.29, 0.717) is 17.7 Å². The molecule has 1 heterocycles. The first-order valence-corrected chi connectivity index (χ1v) is 5.72. The van der Waals surface area contributed by atoms with Crippen LogP contribution in [0.4, 0.5) is 0 Å². The smallest absolute Gasteiger partial charge is 0.125 e. The van der Waals surface area contributed by atoms with Gasteiger partial charge in [-0.1, -0.05) is 6.07 Å². The summed E-state index contributed by atoms with van der Waals surface area (Å²) < 4.78 is 10.8. The summed E-state index contributed by atoms with van der Waals surface area (Å²) in [4.78, 5) is 0. The van der Waals surface area contributed by atoms with E-state index in [1.54, 1.807) is 18.2 Å². The Morgan fingerprint density at radius 2 is 2.33 bits per heavy atom. The Morgan fingerprint density at radius 3 is 2.89 bits per heavy atom. The van der Waals surface area contributed by atoms with Crippen LogP contribution in [0.15, 0.2) is 18.2 Å². The number of methoxy groups -OCH3 is 1. The van der Waals surface area contributed by atoms with Crippen LogP contribution >= 0.6 is 0 Å². The Hall–Kier alpha value is -1.61. The minimum atomic E-state index is -0.680. The van der Waals surface area contributed by atoms with Gasteiger partial charge in [0.1, 0.15) is 11.9 Å². The van der Waals surface area contributed by atoms with Crippen LogP contribution in [-0.2, 0) is 4.74 Å². The highest BCUT2D eigenvalue weighted by atomic mass is 16.5. The van der Waals surface area contributed by atoms with Crippen LogP contribution in [0.2, 0.25) is 0 Å². The molecule has 2 unspecified atom stereocenters. The van der Waals surface area contributed by atoms with Gasteiger partial charge in [0, 0.05) is 12.0 Å². The number of aliphatic hydroxyl groups excluding tert-OH is 2. The molecule has 1 aromatic carbocycles. The second-order valence-corrected chi connectivity index (χ2v) is 4.22. The van der Waals surface area contributed by atoms with Crippen molar-refractivity contribution < 1.29 is 19.7 Å². The zero-order valence-corrected chi connectivity index (χ0v) is 10.0. The number of nitriles is 1. The molecular formula is C13H15NO4. The van der Waals surface area contributed by atoms with E-state index in [1.165, 1.54) is 7.11 Å². The molecule has 0 aliphatic carbocycles. The van der Waals surface area contributed by atoms with Crippen LogP contribution in [0.3, 0.4) is 0 Å². The molecule has 0 spiro atoms. The van der Waals surface area contributed by atoms with Crippen molar-refractivity contribution in [2.75, 3.05) is 13.7 Å². The highest BCUT2D eigenvalue weighted by Gasteiger charge is 2.35. The van der Waals surface area contributed by atoms with Gasteiger partial charge >= 0.3 is 0 Å². The topological polar surface area (TPSA) is 82.7 Å². The number of aliphatic hydroxyl groups is 2. The first kappa shape index (κ1) is 12.8. The number of nitrogens with zero attached hydrogens (tertiary/aromatic N) is 1. The van der Waals surface area contributed by atoms with E-state index >= 15 is 0 Å². The van der Waals surface area contributed by atoms with Gasteiger partial charge in [-0.05, 0) is 12.1 Å². The normalized spacial score (nSPS) is 26.9. The van der Waals surface area contributed by atoms with Crippen molar-refractivity contribution in [2.24, 2.45) is 0 Å². The summed E-state index contributed by atoms with van der Waals surface area (Å²) in [7, 11) is 1.52. The van der Waals surface area contributed by atoms with Crippen LogP contribution in [0, 0.1) is 11.3 Å². The summed E-state index contributed by atoms with van der Waals surface area (Å²) >= 11 is 0. The van der Waals surface area contributed by atoms with Gasteiger partial charge in [-0.3, -0.25) is 0 Å². The monoisotopic (exact) mass is 249 g/mol. The van der Waals surface area contributed by atoms with E-state index < -0.39 is 12.2 Å². The van der Waals surface area contributed by atoms with Crippen molar-refractivity contribution in [1.29, 1.82) is 5.26 Å². The zero-order chi connectivity index (χ0) is 13.1. The van der Waals surface area contributed by atoms with Crippen LogP contribution < -0.4 is 4.74 Å². The van der Waals surface area contributed by atoms with Gasteiger partial charge in [0.05, 0.1) is 37.6 Å². The Kier molecular flexibility index (Phi) is 3.82. The summed E-state index contributed by atoms with van der Waals surface area (Å²) in [5.41, 5.74) is 1.29. The Bertz CT molecular complexity index is 469. The van der Waals surface area contributed by atoms with Crippen molar-refractivity contribution in [2.45, 2.75) is 24.7 Å². The van der Waals surface area contributed by atoms with E-state index in [-0.39, 0.29) is 12.7 Å². The number of ether oxygens (including phenoxy) is 2. The summed E-state index contributed by atoms with van der Waals surface area (Å²) in [5, 5.41) is 27.6. The van der Waals surface area contributed by atoms with Gasteiger partial charge in [-0.2, -0.15) is 5.26 Å². The van der Waals surface area contributed by atoms with Crippen molar-refractivity contribution in [3.05, 3.63) is 29.3 Å². The molecule has 5 nitrogen and oxygen atoms in total. The van der Waals surface area contributed by atoms with E-state index in [1.807, 2.05) is 6.07 Å². The summed E-state index contributed by atoms with van der Waals surface area (Å²) in [6, 6.07) is 7.11. The molecule has 1 fully saturated rings. The molecule has 1 saturated heterocycles. The summed E-state index contributed by atoms with van der Waals surface area (Å²) in [6.07, 6.45) is -1.15. The Balaban J connectivity index is 2.27. The quantitative estimate of drug-likeness (QED) is 0.826. The van der Waals surface area contributed by atoms with Crippen molar-refractivity contribution >= 4 is 0 Å². The van der Waals surface area contributed by atoms with Crippen LogP contribution in [0.1, 0.15) is 23.7 Å². The molecule has 5 heteroatoms. The summed E-state index contributed by atoms with van der Waals surface area (Å²) in [6.45, 7) is -0.212. The minimum absolute atomic E-state index is 0.212. The van der Waals surface area contributed by atoms with Crippen molar-refractivity contribution in [3.63, 3.8) is 0 Å². The molecule has 1 aliphatic heterocycles. The maximum Gasteiger partial charge on any atom is 0.125 e. The highest BCUT2D eigenvalue weighted by molar-refractivity contribution is 5.43. The molecule has 0 saturated carbocycles. The van der Waals surface area contributed by atoms with E-state index in [9.17, 15) is 5.11 Å². The maximum absolute atomic E-state index is 9.71. The molecule has 2 N–H and O–H groups in total. The van der Waals surface area contributed by atoms with E-state index in [0.717, 1.165) is 5.56 Å².